The lowest BCUT2D eigenvalue weighted by Gasteiger charge is -2.35. The number of ether oxygens (including phenoxy) is 1. The Hall–Kier alpha value is -1.92. The molecule has 0 atom stereocenters. The first-order valence-electron chi connectivity index (χ1n) is 10.1. The minimum atomic E-state index is -0.486. The summed E-state index contributed by atoms with van der Waals surface area (Å²) < 4.78 is 5.33. The molecule has 0 aromatic heterocycles. The molecule has 1 aromatic carbocycles. The lowest BCUT2D eigenvalue weighted by molar-refractivity contribution is -0.130. The van der Waals surface area contributed by atoms with Crippen molar-refractivity contribution in [1.29, 1.82) is 0 Å². The minimum absolute atomic E-state index is 0.00237. The molecule has 2 aliphatic heterocycles. The van der Waals surface area contributed by atoms with Gasteiger partial charge in [0.15, 0.2) is 0 Å². The summed E-state index contributed by atoms with van der Waals surface area (Å²) in [4.78, 5) is 27.5. The predicted molar refractivity (Wildman–Crippen MR) is 106 cm³/mol. The maximum Gasteiger partial charge on any atom is 0.253 e. The van der Waals surface area contributed by atoms with E-state index in [1.165, 1.54) is 12.8 Å². The lowest BCUT2D eigenvalue weighted by Crippen LogP contribution is -2.47. The van der Waals surface area contributed by atoms with Crippen LogP contribution in [0.4, 0.5) is 5.69 Å². The van der Waals surface area contributed by atoms with Crippen LogP contribution in [0.3, 0.4) is 0 Å². The number of hydrogen-bond donors (Lipinski definition) is 2. The number of carbonyl (C=O) groups excluding carboxylic acids is 2. The fourth-order valence-electron chi connectivity index (χ4n) is 4.03. The molecule has 6 heteroatoms. The zero-order valence-electron chi connectivity index (χ0n) is 16.3. The number of hydrogen-bond acceptors (Lipinski definition) is 4. The van der Waals surface area contributed by atoms with Crippen LogP contribution < -0.4 is 10.6 Å². The molecule has 0 saturated carbocycles. The Labute approximate surface area is 161 Å². The third kappa shape index (κ3) is 4.87. The molecule has 3 rings (SSSR count). The smallest absolute Gasteiger partial charge is 0.253 e. The summed E-state index contributed by atoms with van der Waals surface area (Å²) in [7, 11) is 1.64. The number of rotatable bonds is 5. The first kappa shape index (κ1) is 19.8. The number of nitrogens with one attached hydrogen (secondary N) is 2. The van der Waals surface area contributed by atoms with Gasteiger partial charge in [-0.1, -0.05) is 12.8 Å². The van der Waals surface area contributed by atoms with E-state index < -0.39 is 5.41 Å². The van der Waals surface area contributed by atoms with Crippen LogP contribution in [0.2, 0.25) is 0 Å². The second kappa shape index (κ2) is 9.33. The lowest BCUT2D eigenvalue weighted by atomic mass is 9.78. The molecule has 2 fully saturated rings. The van der Waals surface area contributed by atoms with Crippen LogP contribution in [0.1, 0.15) is 48.9 Å². The van der Waals surface area contributed by atoms with Crippen molar-refractivity contribution < 1.29 is 14.3 Å². The second-order valence-corrected chi connectivity index (χ2v) is 7.70. The molecular weight excluding hydrogens is 342 g/mol. The summed E-state index contributed by atoms with van der Waals surface area (Å²) in [6, 6.07) is 7.28. The van der Waals surface area contributed by atoms with Crippen molar-refractivity contribution >= 4 is 17.5 Å². The van der Waals surface area contributed by atoms with Gasteiger partial charge in [0.05, 0.1) is 12.0 Å². The predicted octanol–water partition coefficient (Wildman–Crippen LogP) is 2.66. The number of nitrogens with zero attached hydrogens (tertiary/aromatic N) is 1. The molecular formula is C21H31N3O3. The number of likely N-dealkylation sites (tertiary alicyclic amines) is 1. The number of benzene rings is 1. The Bertz CT molecular complexity index is 625. The standard InChI is InChI=1S/C21H31N3O3/c1-27-16-21(10-12-22-13-11-21)20(26)23-18-8-6-17(7-9-18)19(25)24-14-4-2-3-5-15-24/h6-9,22H,2-5,10-16H2,1H3,(H,23,26). The van der Waals surface area contributed by atoms with Crippen molar-refractivity contribution in [2.45, 2.75) is 38.5 Å². The highest BCUT2D eigenvalue weighted by Crippen LogP contribution is 2.31. The van der Waals surface area contributed by atoms with Crippen molar-refractivity contribution in [1.82, 2.24) is 10.2 Å². The normalized spacial score (nSPS) is 20.0. The molecule has 2 heterocycles. The van der Waals surface area contributed by atoms with Gasteiger partial charge in [-0.25, -0.2) is 0 Å². The maximum absolute atomic E-state index is 12.9. The van der Waals surface area contributed by atoms with Gasteiger partial charge in [-0.05, 0) is 63.0 Å². The van der Waals surface area contributed by atoms with E-state index in [0.717, 1.165) is 57.5 Å². The zero-order valence-corrected chi connectivity index (χ0v) is 16.3. The Morgan fingerprint density at radius 1 is 1.07 bits per heavy atom. The van der Waals surface area contributed by atoms with Crippen molar-refractivity contribution in [2.75, 3.05) is 45.2 Å². The monoisotopic (exact) mass is 373 g/mol. The van der Waals surface area contributed by atoms with Gasteiger partial charge in [0.25, 0.3) is 5.91 Å². The first-order valence-corrected chi connectivity index (χ1v) is 10.1. The number of anilines is 1. The van der Waals surface area contributed by atoms with Gasteiger partial charge in [-0.2, -0.15) is 0 Å². The molecule has 0 radical (unpaired) electrons. The maximum atomic E-state index is 12.9. The van der Waals surface area contributed by atoms with Crippen LogP contribution in [0.25, 0.3) is 0 Å². The largest absolute Gasteiger partial charge is 0.384 e. The second-order valence-electron chi connectivity index (χ2n) is 7.70. The summed E-state index contributed by atoms with van der Waals surface area (Å²) in [5, 5.41) is 6.32. The van der Waals surface area contributed by atoms with Crippen LogP contribution >= 0.6 is 0 Å². The molecule has 27 heavy (non-hydrogen) atoms. The number of methoxy groups -OCH3 is 1. The molecule has 2 saturated heterocycles. The van der Waals surface area contributed by atoms with Gasteiger partial charge in [0.2, 0.25) is 5.91 Å². The fraction of sp³-hybridized carbons (Fsp3) is 0.619. The number of piperidine rings is 1. The third-order valence-corrected chi connectivity index (χ3v) is 5.75. The Morgan fingerprint density at radius 2 is 1.70 bits per heavy atom. The van der Waals surface area contributed by atoms with Crippen LogP contribution in [0.5, 0.6) is 0 Å². The Morgan fingerprint density at radius 3 is 2.30 bits per heavy atom. The van der Waals surface area contributed by atoms with Crippen LogP contribution in [0, 0.1) is 5.41 Å². The zero-order chi connectivity index (χ0) is 19.1. The van der Waals surface area contributed by atoms with E-state index in [1.807, 2.05) is 29.2 Å². The van der Waals surface area contributed by atoms with Crippen LogP contribution in [-0.4, -0.2) is 56.6 Å². The summed E-state index contributed by atoms with van der Waals surface area (Å²) in [5.41, 5.74) is 0.922. The highest BCUT2D eigenvalue weighted by molar-refractivity contribution is 5.97. The fourth-order valence-corrected chi connectivity index (χ4v) is 4.03. The number of carbonyl (C=O) groups is 2. The highest BCUT2D eigenvalue weighted by Gasteiger charge is 2.39. The molecule has 0 bridgehead atoms. The molecule has 2 amide bonds. The molecule has 1 aromatic rings. The molecule has 2 aliphatic rings. The van der Waals surface area contributed by atoms with Gasteiger partial charge in [-0.15, -0.1) is 0 Å². The van der Waals surface area contributed by atoms with Crippen LogP contribution in [-0.2, 0) is 9.53 Å². The van der Waals surface area contributed by atoms with Crippen molar-refractivity contribution in [3.8, 4) is 0 Å². The molecule has 0 spiro atoms. The Balaban J connectivity index is 1.64. The average Bonchev–Trinajstić information content (AvgIpc) is 2.98. The third-order valence-electron chi connectivity index (χ3n) is 5.75. The first-order chi connectivity index (χ1) is 13.1. The highest BCUT2D eigenvalue weighted by atomic mass is 16.5. The molecule has 6 nitrogen and oxygen atoms in total. The molecule has 0 unspecified atom stereocenters. The van der Waals surface area contributed by atoms with E-state index >= 15 is 0 Å². The Kier molecular flexibility index (Phi) is 6.85. The number of amides is 2. The van der Waals surface area contributed by atoms with E-state index in [4.69, 9.17) is 4.74 Å². The topological polar surface area (TPSA) is 70.7 Å². The van der Waals surface area contributed by atoms with Gasteiger partial charge in [0, 0.05) is 31.5 Å². The average molecular weight is 373 g/mol. The van der Waals surface area contributed by atoms with Crippen molar-refractivity contribution in [3.05, 3.63) is 29.8 Å². The molecule has 2 N–H and O–H groups in total. The van der Waals surface area contributed by atoms with E-state index in [2.05, 4.69) is 10.6 Å². The summed E-state index contributed by atoms with van der Waals surface area (Å²) in [6.07, 6.45) is 6.09. The SMILES string of the molecule is COCC1(C(=O)Nc2ccc(C(=O)N3CCCCCC3)cc2)CCNCC1. The van der Waals surface area contributed by atoms with Crippen molar-refractivity contribution in [2.24, 2.45) is 5.41 Å². The van der Waals surface area contributed by atoms with E-state index in [0.29, 0.717) is 12.2 Å². The van der Waals surface area contributed by atoms with Gasteiger partial charge >= 0.3 is 0 Å². The van der Waals surface area contributed by atoms with E-state index in [-0.39, 0.29) is 11.8 Å². The van der Waals surface area contributed by atoms with Gasteiger partial charge < -0.3 is 20.3 Å². The van der Waals surface area contributed by atoms with Crippen molar-refractivity contribution in [3.63, 3.8) is 0 Å². The minimum Gasteiger partial charge on any atom is -0.384 e. The van der Waals surface area contributed by atoms with E-state index in [9.17, 15) is 9.59 Å². The molecule has 148 valence electrons. The quantitative estimate of drug-likeness (QED) is 0.832. The van der Waals surface area contributed by atoms with E-state index in [1.54, 1.807) is 7.11 Å². The summed E-state index contributed by atoms with van der Waals surface area (Å²) >= 11 is 0. The summed E-state index contributed by atoms with van der Waals surface area (Å²) in [6.45, 7) is 3.74. The molecule has 0 aliphatic carbocycles. The van der Waals surface area contributed by atoms with Gasteiger partial charge in [-0.3, -0.25) is 9.59 Å². The van der Waals surface area contributed by atoms with Gasteiger partial charge in [0.1, 0.15) is 0 Å². The van der Waals surface area contributed by atoms with Crippen LogP contribution in [0.15, 0.2) is 24.3 Å². The summed E-state index contributed by atoms with van der Waals surface area (Å²) in [5.74, 6) is 0.0847.